The third kappa shape index (κ3) is 11.3. The standard InChI is InChI=1S/C9H16O4.C8H10O3/c10-8(11)6-4-2-1-3-5-7-9(12)13;1-11-8-4-6(5-9)2-3-7(8)10/h1-7H2,(H,10,11)(H,12,13);2-4,9-10H,5H2,1H3. The molecule has 7 nitrogen and oxygen atoms in total. The third-order valence-corrected chi connectivity index (χ3v) is 3.21. The summed E-state index contributed by atoms with van der Waals surface area (Å²) in [5, 5.41) is 34.5. The SMILES string of the molecule is COc1cc(CO)ccc1O.O=C(O)CCCCCCCC(=O)O. The summed E-state index contributed by atoms with van der Waals surface area (Å²) >= 11 is 0. The minimum atomic E-state index is -0.759. The van der Waals surface area contributed by atoms with Crippen LogP contribution in [0.2, 0.25) is 0 Å². The van der Waals surface area contributed by atoms with Crippen molar-refractivity contribution in [3.8, 4) is 11.5 Å². The Labute approximate surface area is 141 Å². The van der Waals surface area contributed by atoms with Crippen LogP contribution in [0.1, 0.15) is 50.5 Å². The summed E-state index contributed by atoms with van der Waals surface area (Å²) < 4.78 is 4.83. The predicted octanol–water partition coefficient (Wildman–Crippen LogP) is 2.78. The summed E-state index contributed by atoms with van der Waals surface area (Å²) in [6.45, 7) is -0.0450. The number of carboxylic acid groups (broad SMARTS) is 2. The van der Waals surface area contributed by atoms with E-state index in [-0.39, 0.29) is 25.2 Å². The van der Waals surface area contributed by atoms with Crippen molar-refractivity contribution in [3.63, 3.8) is 0 Å². The number of methoxy groups -OCH3 is 1. The van der Waals surface area contributed by atoms with Crippen molar-refractivity contribution in [3.05, 3.63) is 23.8 Å². The van der Waals surface area contributed by atoms with E-state index in [1.165, 1.54) is 13.2 Å². The maximum atomic E-state index is 10.1. The molecule has 0 aliphatic rings. The highest BCUT2D eigenvalue weighted by molar-refractivity contribution is 5.66. The summed E-state index contributed by atoms with van der Waals surface area (Å²) in [5.74, 6) is -1.04. The average Bonchev–Trinajstić information content (AvgIpc) is 2.54. The van der Waals surface area contributed by atoms with E-state index in [4.69, 9.17) is 25.2 Å². The van der Waals surface area contributed by atoms with Gasteiger partial charge in [0.2, 0.25) is 0 Å². The molecule has 1 rings (SSSR count). The minimum Gasteiger partial charge on any atom is -0.504 e. The van der Waals surface area contributed by atoms with Crippen LogP contribution in [0.25, 0.3) is 0 Å². The molecule has 4 N–H and O–H groups in total. The number of ether oxygens (including phenoxy) is 1. The Morgan fingerprint density at radius 2 is 1.46 bits per heavy atom. The largest absolute Gasteiger partial charge is 0.504 e. The first-order chi connectivity index (χ1) is 11.4. The molecule has 0 saturated carbocycles. The maximum absolute atomic E-state index is 10.1. The van der Waals surface area contributed by atoms with Crippen LogP contribution in [0.15, 0.2) is 18.2 Å². The molecule has 0 unspecified atom stereocenters. The lowest BCUT2D eigenvalue weighted by Gasteiger charge is -2.03. The number of phenolic OH excluding ortho intramolecular Hbond substituents is 1. The highest BCUT2D eigenvalue weighted by Gasteiger charge is 2.00. The fourth-order valence-corrected chi connectivity index (χ4v) is 1.90. The lowest BCUT2D eigenvalue weighted by molar-refractivity contribution is -0.138. The van der Waals surface area contributed by atoms with E-state index < -0.39 is 11.9 Å². The van der Waals surface area contributed by atoms with E-state index in [0.717, 1.165) is 24.8 Å². The minimum absolute atomic E-state index is 0.0450. The predicted molar refractivity (Wildman–Crippen MR) is 88.2 cm³/mol. The van der Waals surface area contributed by atoms with E-state index >= 15 is 0 Å². The Bertz CT molecular complexity index is 482. The lowest BCUT2D eigenvalue weighted by atomic mass is 10.1. The van der Waals surface area contributed by atoms with E-state index in [9.17, 15) is 9.59 Å². The topological polar surface area (TPSA) is 124 Å². The van der Waals surface area contributed by atoms with Gasteiger partial charge in [0.15, 0.2) is 11.5 Å². The third-order valence-electron chi connectivity index (χ3n) is 3.21. The molecule has 0 atom stereocenters. The average molecular weight is 342 g/mol. The van der Waals surface area contributed by atoms with Gasteiger partial charge in [-0.05, 0) is 30.5 Å². The Balaban J connectivity index is 0.000000446. The highest BCUT2D eigenvalue weighted by Crippen LogP contribution is 2.25. The quantitative estimate of drug-likeness (QED) is 0.482. The molecule has 136 valence electrons. The summed E-state index contributed by atoms with van der Waals surface area (Å²) in [6.07, 6.45) is 4.53. The molecule has 0 bridgehead atoms. The van der Waals surface area contributed by atoms with Crippen molar-refractivity contribution in [2.75, 3.05) is 7.11 Å². The monoisotopic (exact) mass is 342 g/mol. The molecular weight excluding hydrogens is 316 g/mol. The number of aliphatic carboxylic acids is 2. The number of carbonyl (C=O) groups is 2. The molecule has 7 heteroatoms. The fourth-order valence-electron chi connectivity index (χ4n) is 1.90. The van der Waals surface area contributed by atoms with Crippen molar-refractivity contribution >= 4 is 11.9 Å². The fraction of sp³-hybridized carbons (Fsp3) is 0.529. The van der Waals surface area contributed by atoms with Gasteiger partial charge in [-0.25, -0.2) is 0 Å². The first kappa shape index (κ1) is 21.7. The number of carboxylic acids is 2. The van der Waals surface area contributed by atoms with E-state index in [1.807, 2.05) is 0 Å². The van der Waals surface area contributed by atoms with Gasteiger partial charge >= 0.3 is 11.9 Å². The lowest BCUT2D eigenvalue weighted by Crippen LogP contribution is -1.95. The zero-order valence-electron chi connectivity index (χ0n) is 13.9. The molecular formula is C17H26O7. The van der Waals surface area contributed by atoms with Crippen molar-refractivity contribution < 1.29 is 34.8 Å². The van der Waals surface area contributed by atoms with Crippen molar-refractivity contribution in [2.45, 2.75) is 51.6 Å². The zero-order chi connectivity index (χ0) is 18.4. The van der Waals surface area contributed by atoms with Gasteiger partial charge in [0, 0.05) is 12.8 Å². The van der Waals surface area contributed by atoms with Crippen LogP contribution in [-0.2, 0) is 16.2 Å². The number of hydrogen-bond donors (Lipinski definition) is 4. The summed E-state index contributed by atoms with van der Waals surface area (Å²) in [4.78, 5) is 20.2. The van der Waals surface area contributed by atoms with Gasteiger partial charge in [-0.15, -0.1) is 0 Å². The molecule has 0 aliphatic carbocycles. The molecule has 0 saturated heterocycles. The van der Waals surface area contributed by atoms with Crippen LogP contribution < -0.4 is 4.74 Å². The molecule has 1 aromatic rings. The highest BCUT2D eigenvalue weighted by atomic mass is 16.5. The van der Waals surface area contributed by atoms with Crippen molar-refractivity contribution in [1.29, 1.82) is 0 Å². The number of hydrogen-bond acceptors (Lipinski definition) is 5. The molecule has 0 aromatic heterocycles. The molecule has 24 heavy (non-hydrogen) atoms. The van der Waals surface area contributed by atoms with Crippen molar-refractivity contribution in [1.82, 2.24) is 0 Å². The van der Waals surface area contributed by atoms with Gasteiger partial charge in [0.1, 0.15) is 0 Å². The number of aliphatic hydroxyl groups is 1. The van der Waals surface area contributed by atoms with Gasteiger partial charge in [0.05, 0.1) is 13.7 Å². The van der Waals surface area contributed by atoms with Crippen LogP contribution in [0.5, 0.6) is 11.5 Å². The number of benzene rings is 1. The zero-order valence-corrected chi connectivity index (χ0v) is 13.9. The first-order valence-corrected chi connectivity index (χ1v) is 7.81. The van der Waals surface area contributed by atoms with Crippen LogP contribution in [0, 0.1) is 0 Å². The molecule has 0 amide bonds. The normalized spacial score (nSPS) is 9.75. The van der Waals surface area contributed by atoms with Crippen LogP contribution in [0.3, 0.4) is 0 Å². The molecule has 0 radical (unpaired) electrons. The smallest absolute Gasteiger partial charge is 0.303 e. The van der Waals surface area contributed by atoms with Gasteiger partial charge in [0.25, 0.3) is 0 Å². The van der Waals surface area contributed by atoms with E-state index in [1.54, 1.807) is 12.1 Å². The van der Waals surface area contributed by atoms with Crippen LogP contribution in [-0.4, -0.2) is 39.5 Å². The van der Waals surface area contributed by atoms with Gasteiger partial charge < -0.3 is 25.2 Å². The second-order valence-corrected chi connectivity index (χ2v) is 5.22. The molecule has 0 aliphatic heterocycles. The van der Waals surface area contributed by atoms with Crippen LogP contribution >= 0.6 is 0 Å². The molecule has 0 fully saturated rings. The summed E-state index contributed by atoms with van der Waals surface area (Å²) in [6, 6.07) is 4.72. The molecule has 1 aromatic carbocycles. The summed E-state index contributed by atoms with van der Waals surface area (Å²) in [5.41, 5.74) is 0.722. The van der Waals surface area contributed by atoms with Gasteiger partial charge in [-0.3, -0.25) is 9.59 Å². The van der Waals surface area contributed by atoms with E-state index in [2.05, 4.69) is 0 Å². The Morgan fingerprint density at radius 3 is 1.88 bits per heavy atom. The van der Waals surface area contributed by atoms with Crippen molar-refractivity contribution in [2.24, 2.45) is 0 Å². The Morgan fingerprint density at radius 1 is 0.958 bits per heavy atom. The van der Waals surface area contributed by atoms with Crippen LogP contribution in [0.4, 0.5) is 0 Å². The number of phenols is 1. The first-order valence-electron chi connectivity index (χ1n) is 7.81. The number of aliphatic hydroxyl groups excluding tert-OH is 1. The Hall–Kier alpha value is -2.28. The van der Waals surface area contributed by atoms with E-state index in [0.29, 0.717) is 18.6 Å². The number of aromatic hydroxyl groups is 1. The van der Waals surface area contributed by atoms with Gasteiger partial charge in [-0.1, -0.05) is 25.3 Å². The summed E-state index contributed by atoms with van der Waals surface area (Å²) in [7, 11) is 1.47. The Kier molecular flexibility index (Phi) is 11.9. The maximum Gasteiger partial charge on any atom is 0.303 e. The van der Waals surface area contributed by atoms with Gasteiger partial charge in [-0.2, -0.15) is 0 Å². The second kappa shape index (κ2) is 13.2. The molecule has 0 heterocycles. The second-order valence-electron chi connectivity index (χ2n) is 5.22. The number of rotatable bonds is 10. The number of unbranched alkanes of at least 4 members (excludes halogenated alkanes) is 4. The molecule has 0 spiro atoms.